The van der Waals surface area contributed by atoms with Crippen molar-refractivity contribution in [3.8, 4) is 0 Å². The lowest BCUT2D eigenvalue weighted by Gasteiger charge is -2.24. The van der Waals surface area contributed by atoms with Gasteiger partial charge >= 0.3 is 0 Å². The minimum Gasteiger partial charge on any atom is -0.350 e. The van der Waals surface area contributed by atoms with Gasteiger partial charge in [0.05, 0.1) is 5.92 Å². The van der Waals surface area contributed by atoms with Crippen molar-refractivity contribution in [1.82, 2.24) is 16.0 Å². The van der Waals surface area contributed by atoms with Gasteiger partial charge in [-0.2, -0.15) is 0 Å². The summed E-state index contributed by atoms with van der Waals surface area (Å²) in [4.78, 5) is 23.6. The zero-order valence-corrected chi connectivity index (χ0v) is 11.1. The Labute approximate surface area is 103 Å². The van der Waals surface area contributed by atoms with Crippen molar-refractivity contribution in [2.45, 2.75) is 45.7 Å². The second kappa shape index (κ2) is 5.49. The van der Waals surface area contributed by atoms with Crippen LogP contribution in [0.15, 0.2) is 0 Å². The van der Waals surface area contributed by atoms with Crippen molar-refractivity contribution >= 4 is 11.8 Å². The van der Waals surface area contributed by atoms with Gasteiger partial charge in [0.2, 0.25) is 11.8 Å². The molecule has 98 valence electrons. The number of nitrogens with one attached hydrogen (secondary N) is 3. The molecule has 3 N–H and O–H groups in total. The number of carbonyl (C=O) groups excluding carboxylic acids is 2. The topological polar surface area (TPSA) is 70.2 Å². The largest absolute Gasteiger partial charge is 0.350 e. The molecule has 0 aromatic carbocycles. The number of amides is 2. The van der Waals surface area contributed by atoms with Gasteiger partial charge in [0.25, 0.3) is 0 Å². The van der Waals surface area contributed by atoms with Crippen molar-refractivity contribution in [2.24, 2.45) is 5.92 Å². The molecule has 1 heterocycles. The fourth-order valence-corrected chi connectivity index (χ4v) is 1.75. The van der Waals surface area contributed by atoms with E-state index in [0.29, 0.717) is 6.54 Å². The van der Waals surface area contributed by atoms with Crippen LogP contribution in [-0.2, 0) is 9.59 Å². The summed E-state index contributed by atoms with van der Waals surface area (Å²) in [6, 6.07) is -0.484. The predicted octanol–water partition coefficient (Wildman–Crippen LogP) is 0.0153. The van der Waals surface area contributed by atoms with Crippen molar-refractivity contribution in [2.75, 3.05) is 13.1 Å². The molecule has 1 saturated heterocycles. The summed E-state index contributed by atoms with van der Waals surface area (Å²) < 4.78 is 0. The molecule has 1 aliphatic rings. The second-order valence-electron chi connectivity index (χ2n) is 5.66. The lowest BCUT2D eigenvalue weighted by atomic mass is 10.1. The third-order valence-corrected chi connectivity index (χ3v) is 2.68. The first-order valence-corrected chi connectivity index (χ1v) is 6.13. The van der Waals surface area contributed by atoms with Crippen LogP contribution in [0.2, 0.25) is 0 Å². The fraction of sp³-hybridized carbons (Fsp3) is 0.833. The standard InChI is InChI=1S/C12H23N3O2/c1-8(10(16)15-12(2,3)4)14-11(17)9-5-6-13-7-9/h8-9,13H,5-7H2,1-4H3,(H,14,17)(H,15,16). The summed E-state index contributed by atoms with van der Waals surface area (Å²) >= 11 is 0. The number of hydrogen-bond acceptors (Lipinski definition) is 3. The Morgan fingerprint density at radius 3 is 2.47 bits per heavy atom. The number of rotatable bonds is 3. The molecule has 0 aromatic rings. The zero-order valence-electron chi connectivity index (χ0n) is 11.1. The molecule has 0 radical (unpaired) electrons. The van der Waals surface area contributed by atoms with Crippen LogP contribution < -0.4 is 16.0 Å². The molecule has 0 bridgehead atoms. The Morgan fingerprint density at radius 1 is 1.35 bits per heavy atom. The molecule has 2 unspecified atom stereocenters. The van der Waals surface area contributed by atoms with Crippen LogP contribution in [0.5, 0.6) is 0 Å². The van der Waals surface area contributed by atoms with Crippen LogP contribution in [-0.4, -0.2) is 36.5 Å². The SMILES string of the molecule is CC(NC(=O)C1CCNC1)C(=O)NC(C)(C)C. The lowest BCUT2D eigenvalue weighted by Crippen LogP contribution is -2.51. The Morgan fingerprint density at radius 2 is 2.00 bits per heavy atom. The van der Waals surface area contributed by atoms with Gasteiger partial charge in [0.15, 0.2) is 0 Å². The van der Waals surface area contributed by atoms with E-state index in [-0.39, 0.29) is 23.3 Å². The minimum absolute atomic E-state index is 0.000105. The van der Waals surface area contributed by atoms with Gasteiger partial charge in [-0.15, -0.1) is 0 Å². The molecule has 0 aromatic heterocycles. The summed E-state index contributed by atoms with van der Waals surface area (Å²) in [5.41, 5.74) is -0.273. The smallest absolute Gasteiger partial charge is 0.242 e. The van der Waals surface area contributed by atoms with E-state index >= 15 is 0 Å². The molecule has 5 heteroatoms. The molecule has 5 nitrogen and oxygen atoms in total. The van der Waals surface area contributed by atoms with E-state index in [9.17, 15) is 9.59 Å². The molecule has 0 saturated carbocycles. The molecule has 1 rings (SSSR count). The Kier molecular flexibility index (Phi) is 4.51. The molecule has 2 amide bonds. The van der Waals surface area contributed by atoms with Crippen molar-refractivity contribution in [3.63, 3.8) is 0 Å². The van der Waals surface area contributed by atoms with Crippen molar-refractivity contribution in [1.29, 1.82) is 0 Å². The molecule has 0 aliphatic carbocycles. The van der Waals surface area contributed by atoms with E-state index < -0.39 is 6.04 Å². The molecular weight excluding hydrogens is 218 g/mol. The van der Waals surface area contributed by atoms with Gasteiger partial charge in [0.1, 0.15) is 6.04 Å². The first-order valence-electron chi connectivity index (χ1n) is 6.13. The van der Waals surface area contributed by atoms with E-state index in [2.05, 4.69) is 16.0 Å². The normalized spacial score (nSPS) is 22.0. The summed E-state index contributed by atoms with van der Waals surface area (Å²) in [5, 5.41) is 8.73. The van der Waals surface area contributed by atoms with E-state index in [1.807, 2.05) is 20.8 Å². The summed E-state index contributed by atoms with van der Waals surface area (Å²) in [6.45, 7) is 9.04. The summed E-state index contributed by atoms with van der Waals surface area (Å²) in [5.74, 6) is -0.178. The minimum atomic E-state index is -0.484. The molecule has 17 heavy (non-hydrogen) atoms. The van der Waals surface area contributed by atoms with Crippen LogP contribution >= 0.6 is 0 Å². The first kappa shape index (κ1) is 14.0. The van der Waals surface area contributed by atoms with Gasteiger partial charge in [-0.05, 0) is 40.7 Å². The fourth-order valence-electron chi connectivity index (χ4n) is 1.75. The summed E-state index contributed by atoms with van der Waals surface area (Å²) in [7, 11) is 0. The van der Waals surface area contributed by atoms with Gasteiger partial charge in [0, 0.05) is 12.1 Å². The Hall–Kier alpha value is -1.10. The number of carbonyl (C=O) groups is 2. The Balaban J connectivity index is 2.40. The zero-order chi connectivity index (χ0) is 13.1. The van der Waals surface area contributed by atoms with Crippen LogP contribution in [0, 0.1) is 5.92 Å². The second-order valence-corrected chi connectivity index (χ2v) is 5.66. The highest BCUT2D eigenvalue weighted by Gasteiger charge is 2.26. The van der Waals surface area contributed by atoms with Crippen LogP contribution in [0.3, 0.4) is 0 Å². The maximum Gasteiger partial charge on any atom is 0.242 e. The molecule has 2 atom stereocenters. The third-order valence-electron chi connectivity index (χ3n) is 2.68. The highest BCUT2D eigenvalue weighted by atomic mass is 16.2. The Bertz CT molecular complexity index is 291. The molecular formula is C12H23N3O2. The highest BCUT2D eigenvalue weighted by Crippen LogP contribution is 2.07. The van der Waals surface area contributed by atoms with Gasteiger partial charge in [-0.3, -0.25) is 9.59 Å². The maximum atomic E-state index is 11.8. The van der Waals surface area contributed by atoms with Crippen LogP contribution in [0.25, 0.3) is 0 Å². The lowest BCUT2D eigenvalue weighted by molar-refractivity contribution is -0.131. The van der Waals surface area contributed by atoms with Crippen LogP contribution in [0.4, 0.5) is 0 Å². The van der Waals surface area contributed by atoms with E-state index in [1.165, 1.54) is 0 Å². The highest BCUT2D eigenvalue weighted by molar-refractivity contribution is 5.88. The average Bonchev–Trinajstić information content (AvgIpc) is 2.67. The van der Waals surface area contributed by atoms with E-state index in [4.69, 9.17) is 0 Å². The predicted molar refractivity (Wildman–Crippen MR) is 66.5 cm³/mol. The van der Waals surface area contributed by atoms with Crippen LogP contribution in [0.1, 0.15) is 34.1 Å². The molecule has 1 fully saturated rings. The van der Waals surface area contributed by atoms with E-state index in [0.717, 1.165) is 13.0 Å². The van der Waals surface area contributed by atoms with Crippen molar-refractivity contribution < 1.29 is 9.59 Å². The molecule has 1 aliphatic heterocycles. The van der Waals surface area contributed by atoms with E-state index in [1.54, 1.807) is 6.92 Å². The third kappa shape index (κ3) is 4.73. The monoisotopic (exact) mass is 241 g/mol. The van der Waals surface area contributed by atoms with Gasteiger partial charge < -0.3 is 16.0 Å². The van der Waals surface area contributed by atoms with Gasteiger partial charge in [-0.25, -0.2) is 0 Å². The first-order chi connectivity index (χ1) is 7.79. The quantitative estimate of drug-likeness (QED) is 0.652. The van der Waals surface area contributed by atoms with Gasteiger partial charge in [-0.1, -0.05) is 0 Å². The maximum absolute atomic E-state index is 11.8. The number of hydrogen-bond donors (Lipinski definition) is 3. The molecule has 0 spiro atoms. The van der Waals surface area contributed by atoms with Crippen molar-refractivity contribution in [3.05, 3.63) is 0 Å². The average molecular weight is 241 g/mol. The summed E-state index contributed by atoms with van der Waals surface area (Å²) in [6.07, 6.45) is 0.847.